The highest BCUT2D eigenvalue weighted by molar-refractivity contribution is 6.32. The zero-order valence-electron chi connectivity index (χ0n) is 12.4. The molecule has 1 rings (SSSR count). The van der Waals surface area contributed by atoms with Crippen LogP contribution >= 0.6 is 11.6 Å². The molecule has 0 saturated carbocycles. The molecule has 1 amide bonds. The van der Waals surface area contributed by atoms with Gasteiger partial charge in [0.1, 0.15) is 0 Å². The first-order valence-electron chi connectivity index (χ1n) is 6.73. The molecule has 0 aromatic heterocycles. The largest absolute Gasteiger partial charge is 0.395 e. The van der Waals surface area contributed by atoms with Gasteiger partial charge in [-0.2, -0.15) is 0 Å². The van der Waals surface area contributed by atoms with E-state index in [4.69, 9.17) is 21.4 Å². The van der Waals surface area contributed by atoms with E-state index in [0.717, 1.165) is 6.42 Å². The fourth-order valence-corrected chi connectivity index (χ4v) is 1.96. The molecule has 0 aliphatic heterocycles. The van der Waals surface area contributed by atoms with E-state index >= 15 is 0 Å². The summed E-state index contributed by atoms with van der Waals surface area (Å²) in [5, 5.41) is 9.13. The van der Waals surface area contributed by atoms with Crippen LogP contribution in [-0.4, -0.2) is 49.8 Å². The van der Waals surface area contributed by atoms with Crippen LogP contribution in [0.25, 0.3) is 0 Å². The van der Waals surface area contributed by atoms with Crippen molar-refractivity contribution in [1.82, 2.24) is 4.90 Å². The normalized spacial score (nSPS) is 9.90. The van der Waals surface area contributed by atoms with E-state index in [-0.39, 0.29) is 12.5 Å². The van der Waals surface area contributed by atoms with Gasteiger partial charge in [0.25, 0.3) is 5.91 Å². The second-order valence-corrected chi connectivity index (χ2v) is 4.95. The van der Waals surface area contributed by atoms with Crippen molar-refractivity contribution in [3.05, 3.63) is 34.3 Å². The SMILES string of the molecule is COCCCN(C)C(=O)c1ccc(C#CCCO)c(Cl)c1. The minimum Gasteiger partial charge on any atom is -0.395 e. The Morgan fingerprint density at radius 1 is 1.48 bits per heavy atom. The lowest BCUT2D eigenvalue weighted by molar-refractivity contribution is 0.0779. The maximum atomic E-state index is 12.2. The van der Waals surface area contributed by atoms with E-state index in [2.05, 4.69) is 11.8 Å². The molecule has 1 aromatic carbocycles. The van der Waals surface area contributed by atoms with E-state index in [1.165, 1.54) is 0 Å². The maximum Gasteiger partial charge on any atom is 0.253 e. The molecule has 0 aliphatic carbocycles. The van der Waals surface area contributed by atoms with E-state index in [1.54, 1.807) is 37.3 Å². The molecule has 0 unspecified atom stereocenters. The Hall–Kier alpha value is -1.54. The van der Waals surface area contributed by atoms with Crippen LogP contribution in [-0.2, 0) is 4.74 Å². The van der Waals surface area contributed by atoms with Gasteiger partial charge < -0.3 is 14.7 Å². The molecule has 1 aromatic rings. The van der Waals surface area contributed by atoms with E-state index in [1.807, 2.05) is 0 Å². The first-order chi connectivity index (χ1) is 10.1. The smallest absolute Gasteiger partial charge is 0.253 e. The van der Waals surface area contributed by atoms with Gasteiger partial charge in [-0.05, 0) is 24.6 Å². The first-order valence-corrected chi connectivity index (χ1v) is 7.11. The van der Waals surface area contributed by atoms with Crippen molar-refractivity contribution < 1.29 is 14.6 Å². The third-order valence-corrected chi connectivity index (χ3v) is 3.18. The van der Waals surface area contributed by atoms with Gasteiger partial charge in [-0.25, -0.2) is 0 Å². The van der Waals surface area contributed by atoms with Gasteiger partial charge in [0.15, 0.2) is 0 Å². The van der Waals surface area contributed by atoms with Crippen molar-refractivity contribution in [2.75, 3.05) is 33.9 Å². The second kappa shape index (κ2) is 9.41. The summed E-state index contributed by atoms with van der Waals surface area (Å²) in [6, 6.07) is 5.06. The molecule has 114 valence electrons. The van der Waals surface area contributed by atoms with Gasteiger partial charge in [-0.15, -0.1) is 0 Å². The van der Waals surface area contributed by atoms with Crippen LogP contribution in [0.3, 0.4) is 0 Å². The zero-order chi connectivity index (χ0) is 15.7. The van der Waals surface area contributed by atoms with Crippen LogP contribution in [0.15, 0.2) is 18.2 Å². The molecule has 0 atom stereocenters. The second-order valence-electron chi connectivity index (χ2n) is 4.54. The van der Waals surface area contributed by atoms with Crippen LogP contribution in [0.4, 0.5) is 0 Å². The van der Waals surface area contributed by atoms with Gasteiger partial charge in [0, 0.05) is 44.9 Å². The Labute approximate surface area is 130 Å². The Balaban J connectivity index is 2.74. The lowest BCUT2D eigenvalue weighted by atomic mass is 10.1. The number of halogens is 1. The summed E-state index contributed by atoms with van der Waals surface area (Å²) >= 11 is 6.13. The Bertz CT molecular complexity index is 534. The van der Waals surface area contributed by atoms with Crippen LogP contribution in [0, 0.1) is 11.8 Å². The number of carbonyl (C=O) groups is 1. The molecular weight excluding hydrogens is 290 g/mol. The molecule has 0 spiro atoms. The minimum atomic E-state index is -0.0807. The Kier molecular flexibility index (Phi) is 7.84. The quantitative estimate of drug-likeness (QED) is 0.647. The number of hydrogen-bond acceptors (Lipinski definition) is 3. The molecular formula is C16H20ClNO3. The van der Waals surface area contributed by atoms with E-state index < -0.39 is 0 Å². The van der Waals surface area contributed by atoms with Gasteiger partial charge in [0.2, 0.25) is 0 Å². The predicted octanol–water partition coefficient (Wildman–Crippen LogP) is 2.18. The summed E-state index contributed by atoms with van der Waals surface area (Å²) in [6.45, 7) is 1.27. The lowest BCUT2D eigenvalue weighted by Gasteiger charge is -2.17. The van der Waals surface area contributed by atoms with Crippen LogP contribution in [0.5, 0.6) is 0 Å². The zero-order valence-corrected chi connectivity index (χ0v) is 13.1. The van der Waals surface area contributed by atoms with Crippen molar-refractivity contribution in [3.63, 3.8) is 0 Å². The van der Waals surface area contributed by atoms with Gasteiger partial charge >= 0.3 is 0 Å². The highest BCUT2D eigenvalue weighted by Gasteiger charge is 2.12. The fourth-order valence-electron chi connectivity index (χ4n) is 1.73. The summed E-state index contributed by atoms with van der Waals surface area (Å²) in [5.74, 6) is 5.59. The average molecular weight is 310 g/mol. The highest BCUT2D eigenvalue weighted by atomic mass is 35.5. The number of carbonyl (C=O) groups excluding carboxylic acids is 1. The molecule has 0 bridgehead atoms. The fraction of sp³-hybridized carbons (Fsp3) is 0.438. The Morgan fingerprint density at radius 2 is 2.24 bits per heavy atom. The maximum absolute atomic E-state index is 12.2. The first kappa shape index (κ1) is 17.5. The molecule has 0 saturated heterocycles. The minimum absolute atomic E-state index is 0.0213. The van der Waals surface area contributed by atoms with Crippen LogP contribution in [0.1, 0.15) is 28.8 Å². The number of benzene rings is 1. The van der Waals surface area contributed by atoms with E-state index in [0.29, 0.717) is 35.7 Å². The summed E-state index contributed by atoms with van der Waals surface area (Å²) < 4.78 is 4.97. The van der Waals surface area contributed by atoms with Crippen LogP contribution in [0.2, 0.25) is 5.02 Å². The average Bonchev–Trinajstić information content (AvgIpc) is 2.48. The molecule has 5 heteroatoms. The van der Waals surface area contributed by atoms with Crippen molar-refractivity contribution in [2.24, 2.45) is 0 Å². The number of aliphatic hydroxyl groups excluding tert-OH is 1. The molecule has 1 N–H and O–H groups in total. The molecule has 4 nitrogen and oxygen atoms in total. The third kappa shape index (κ3) is 5.76. The summed E-state index contributed by atoms with van der Waals surface area (Å²) in [4.78, 5) is 13.9. The van der Waals surface area contributed by atoms with Gasteiger partial charge in [0.05, 0.1) is 11.6 Å². The molecule has 21 heavy (non-hydrogen) atoms. The Morgan fingerprint density at radius 3 is 2.86 bits per heavy atom. The number of aliphatic hydroxyl groups is 1. The topological polar surface area (TPSA) is 49.8 Å². The molecule has 0 heterocycles. The van der Waals surface area contributed by atoms with E-state index in [9.17, 15) is 4.79 Å². The van der Waals surface area contributed by atoms with Crippen LogP contribution < -0.4 is 0 Å². The number of rotatable bonds is 6. The van der Waals surface area contributed by atoms with Crippen molar-refractivity contribution >= 4 is 17.5 Å². The highest BCUT2D eigenvalue weighted by Crippen LogP contribution is 2.18. The number of amides is 1. The number of ether oxygens (including phenoxy) is 1. The summed E-state index contributed by atoms with van der Waals surface area (Å²) in [5.41, 5.74) is 1.19. The molecule has 0 aliphatic rings. The molecule has 0 radical (unpaired) electrons. The number of hydrogen-bond donors (Lipinski definition) is 1. The van der Waals surface area contributed by atoms with Gasteiger partial charge in [-0.1, -0.05) is 23.4 Å². The van der Waals surface area contributed by atoms with Crippen molar-refractivity contribution in [2.45, 2.75) is 12.8 Å². The summed E-state index contributed by atoms with van der Waals surface area (Å²) in [6.07, 6.45) is 1.19. The lowest BCUT2D eigenvalue weighted by Crippen LogP contribution is -2.28. The van der Waals surface area contributed by atoms with Crippen molar-refractivity contribution in [1.29, 1.82) is 0 Å². The number of methoxy groups -OCH3 is 1. The van der Waals surface area contributed by atoms with Crippen molar-refractivity contribution in [3.8, 4) is 11.8 Å². The number of nitrogens with zero attached hydrogens (tertiary/aromatic N) is 1. The third-order valence-electron chi connectivity index (χ3n) is 2.86. The summed E-state index contributed by atoms with van der Waals surface area (Å²) in [7, 11) is 3.39. The molecule has 0 fully saturated rings. The van der Waals surface area contributed by atoms with Gasteiger partial charge in [-0.3, -0.25) is 4.79 Å². The standard InChI is InChI=1S/C16H20ClNO3/c1-18(9-5-11-21-2)16(20)14-8-7-13(15(17)12-14)6-3-4-10-19/h7-8,12,19H,4-5,9-11H2,1-2H3. The monoisotopic (exact) mass is 309 g/mol. The predicted molar refractivity (Wildman–Crippen MR) is 83.5 cm³/mol.